The fraction of sp³-hybridized carbons (Fsp3) is 0.600. The summed E-state index contributed by atoms with van der Waals surface area (Å²) < 4.78 is 11.1. The number of benzene rings is 1. The first-order chi connectivity index (χ1) is 9.01. The van der Waals surface area contributed by atoms with Gasteiger partial charge in [0.15, 0.2) is 0 Å². The van der Waals surface area contributed by atoms with Crippen molar-refractivity contribution in [1.29, 1.82) is 0 Å². The molecule has 1 saturated heterocycles. The molecule has 1 unspecified atom stereocenters. The average Bonchev–Trinajstić information content (AvgIpc) is 2.38. The number of phenols is 1. The van der Waals surface area contributed by atoms with Crippen LogP contribution in [-0.4, -0.2) is 46.7 Å². The molecular formula is C15H25NO2S. The lowest BCUT2D eigenvalue weighted by Gasteiger charge is -2.45. The number of hydrogen-bond donors (Lipinski definition) is 2. The summed E-state index contributed by atoms with van der Waals surface area (Å²) in [7, 11) is 2.54. The molecule has 0 spiro atoms. The van der Waals surface area contributed by atoms with Crippen molar-refractivity contribution >= 4 is 10.3 Å². The standard InChI is InChI=1S/C15H25NO2S/c1-16(2)12-15(13-6-8-14(17)9-7-13)19(18)10-4-3-5-11-19/h6-9,15,17-18H,3-5,10-12H2,1-2H3. The van der Waals surface area contributed by atoms with E-state index in [2.05, 4.69) is 19.0 Å². The van der Waals surface area contributed by atoms with Gasteiger partial charge in [-0.1, -0.05) is 18.6 Å². The monoisotopic (exact) mass is 283 g/mol. The summed E-state index contributed by atoms with van der Waals surface area (Å²) >= 11 is 0. The van der Waals surface area contributed by atoms with E-state index in [1.54, 1.807) is 12.1 Å². The van der Waals surface area contributed by atoms with Crippen molar-refractivity contribution in [2.24, 2.45) is 0 Å². The number of phenolic OH excluding ortho intramolecular Hbond substituents is 1. The summed E-state index contributed by atoms with van der Waals surface area (Å²) in [5, 5.41) is 9.63. The second-order valence-corrected chi connectivity index (χ2v) is 8.90. The van der Waals surface area contributed by atoms with Crippen LogP contribution in [0.3, 0.4) is 0 Å². The Balaban J connectivity index is 2.26. The maximum Gasteiger partial charge on any atom is 0.115 e. The highest BCUT2D eigenvalue weighted by Crippen LogP contribution is 2.60. The van der Waals surface area contributed by atoms with Gasteiger partial charge < -0.3 is 14.6 Å². The van der Waals surface area contributed by atoms with Crippen LogP contribution in [0, 0.1) is 0 Å². The van der Waals surface area contributed by atoms with Crippen LogP contribution in [0.25, 0.3) is 0 Å². The molecule has 2 rings (SSSR count). The third kappa shape index (κ3) is 3.65. The van der Waals surface area contributed by atoms with E-state index in [0.29, 0.717) is 0 Å². The fourth-order valence-corrected chi connectivity index (χ4v) is 6.21. The van der Waals surface area contributed by atoms with Crippen molar-refractivity contribution in [1.82, 2.24) is 4.90 Å². The predicted octanol–water partition coefficient (Wildman–Crippen LogP) is 3.46. The second kappa shape index (κ2) is 6.16. The van der Waals surface area contributed by atoms with E-state index in [9.17, 15) is 9.66 Å². The third-order valence-corrected chi connectivity index (χ3v) is 7.29. The first-order valence-electron chi connectivity index (χ1n) is 6.95. The van der Waals surface area contributed by atoms with Gasteiger partial charge in [-0.25, -0.2) is 0 Å². The first kappa shape index (κ1) is 14.7. The normalized spacial score (nSPS) is 22.1. The maximum absolute atomic E-state index is 11.1. The minimum atomic E-state index is -1.57. The minimum absolute atomic E-state index is 0.198. The number of aromatic hydroxyl groups is 1. The van der Waals surface area contributed by atoms with E-state index < -0.39 is 10.3 Å². The fourth-order valence-electron chi connectivity index (χ4n) is 2.79. The summed E-state index contributed by atoms with van der Waals surface area (Å²) in [6.45, 7) is 0.872. The minimum Gasteiger partial charge on any atom is -0.508 e. The lowest BCUT2D eigenvalue weighted by atomic mass is 10.1. The number of nitrogens with zero attached hydrogens (tertiary/aromatic N) is 1. The lowest BCUT2D eigenvalue weighted by molar-refractivity contribution is 0.400. The van der Waals surface area contributed by atoms with Crippen LogP contribution in [0.15, 0.2) is 24.3 Å². The highest BCUT2D eigenvalue weighted by molar-refractivity contribution is 8.29. The van der Waals surface area contributed by atoms with Crippen molar-refractivity contribution in [2.45, 2.75) is 24.5 Å². The van der Waals surface area contributed by atoms with Crippen LogP contribution in [0.1, 0.15) is 30.1 Å². The summed E-state index contributed by atoms with van der Waals surface area (Å²) in [4.78, 5) is 2.15. The molecule has 0 amide bonds. The number of rotatable bonds is 4. The molecule has 1 fully saturated rings. The van der Waals surface area contributed by atoms with E-state index in [0.717, 1.165) is 36.5 Å². The van der Waals surface area contributed by atoms with Gasteiger partial charge in [-0.2, -0.15) is 0 Å². The Hall–Kier alpha value is -0.710. The molecule has 0 saturated carbocycles. The molecule has 3 nitrogen and oxygen atoms in total. The summed E-state index contributed by atoms with van der Waals surface area (Å²) in [5.41, 5.74) is 1.16. The van der Waals surface area contributed by atoms with Gasteiger partial charge in [0.25, 0.3) is 0 Å². The van der Waals surface area contributed by atoms with Crippen molar-refractivity contribution in [3.8, 4) is 5.75 Å². The molecule has 4 heteroatoms. The van der Waals surface area contributed by atoms with Gasteiger partial charge in [0.1, 0.15) is 5.75 Å². The Morgan fingerprint density at radius 3 is 2.21 bits per heavy atom. The molecule has 0 radical (unpaired) electrons. The van der Waals surface area contributed by atoms with Crippen LogP contribution < -0.4 is 0 Å². The van der Waals surface area contributed by atoms with Gasteiger partial charge in [-0.15, -0.1) is 10.3 Å². The molecule has 1 aliphatic heterocycles. The van der Waals surface area contributed by atoms with Crippen molar-refractivity contribution in [3.63, 3.8) is 0 Å². The van der Waals surface area contributed by atoms with E-state index in [1.165, 1.54) is 6.42 Å². The quantitative estimate of drug-likeness (QED) is 0.889. The first-order valence-corrected chi connectivity index (χ1v) is 8.94. The number of hydrogen-bond acceptors (Lipinski definition) is 3. The van der Waals surface area contributed by atoms with E-state index in [1.807, 2.05) is 12.1 Å². The SMILES string of the molecule is CN(C)CC(c1ccc(O)cc1)S1(O)CCCCC1. The Morgan fingerprint density at radius 1 is 1.11 bits per heavy atom. The van der Waals surface area contributed by atoms with Gasteiger partial charge >= 0.3 is 0 Å². The van der Waals surface area contributed by atoms with Crippen LogP contribution in [0.2, 0.25) is 0 Å². The highest BCUT2D eigenvalue weighted by Gasteiger charge is 2.34. The van der Waals surface area contributed by atoms with Crippen molar-refractivity contribution in [2.75, 3.05) is 32.1 Å². The smallest absolute Gasteiger partial charge is 0.115 e. The van der Waals surface area contributed by atoms with Crippen molar-refractivity contribution < 1.29 is 9.66 Å². The third-order valence-electron chi connectivity index (χ3n) is 3.82. The molecule has 0 aromatic heterocycles. The van der Waals surface area contributed by atoms with E-state index in [4.69, 9.17) is 0 Å². The number of likely N-dealkylation sites (N-methyl/N-ethyl adjacent to an activating group) is 1. The zero-order valence-corrected chi connectivity index (χ0v) is 12.7. The largest absolute Gasteiger partial charge is 0.508 e. The zero-order chi connectivity index (χ0) is 13.9. The zero-order valence-electron chi connectivity index (χ0n) is 11.9. The van der Waals surface area contributed by atoms with Crippen LogP contribution in [-0.2, 0) is 0 Å². The molecule has 1 aliphatic rings. The second-order valence-electron chi connectivity index (χ2n) is 5.71. The average molecular weight is 283 g/mol. The van der Waals surface area contributed by atoms with E-state index >= 15 is 0 Å². The maximum atomic E-state index is 11.1. The van der Waals surface area contributed by atoms with Crippen LogP contribution in [0.5, 0.6) is 5.75 Å². The topological polar surface area (TPSA) is 43.7 Å². The van der Waals surface area contributed by atoms with Gasteiger partial charge in [0.2, 0.25) is 0 Å². The molecule has 108 valence electrons. The van der Waals surface area contributed by atoms with Gasteiger partial charge in [0, 0.05) is 11.8 Å². The molecule has 19 heavy (non-hydrogen) atoms. The van der Waals surface area contributed by atoms with Crippen LogP contribution >= 0.6 is 10.3 Å². The van der Waals surface area contributed by atoms with Crippen LogP contribution in [0.4, 0.5) is 0 Å². The predicted molar refractivity (Wildman–Crippen MR) is 83.2 cm³/mol. The van der Waals surface area contributed by atoms with Gasteiger partial charge in [0.05, 0.1) is 0 Å². The lowest BCUT2D eigenvalue weighted by Crippen LogP contribution is -2.29. The summed E-state index contributed by atoms with van der Waals surface area (Å²) in [6.07, 6.45) is 3.54. The molecule has 1 heterocycles. The van der Waals surface area contributed by atoms with Gasteiger partial charge in [-0.05, 0) is 56.1 Å². The van der Waals surface area contributed by atoms with Gasteiger partial charge in [-0.3, -0.25) is 0 Å². The molecule has 0 aliphatic carbocycles. The molecular weight excluding hydrogens is 258 g/mol. The Labute approximate surface area is 117 Å². The Kier molecular flexibility index (Phi) is 4.76. The summed E-state index contributed by atoms with van der Waals surface area (Å²) in [6, 6.07) is 7.37. The highest BCUT2D eigenvalue weighted by atomic mass is 32.3. The molecule has 0 bridgehead atoms. The molecule has 1 atom stereocenters. The molecule has 1 aromatic rings. The molecule has 1 aromatic carbocycles. The van der Waals surface area contributed by atoms with Crippen molar-refractivity contribution in [3.05, 3.63) is 29.8 Å². The van der Waals surface area contributed by atoms with E-state index in [-0.39, 0.29) is 11.0 Å². The summed E-state index contributed by atoms with van der Waals surface area (Å²) in [5.74, 6) is 2.22. The molecule has 2 N–H and O–H groups in total. The Morgan fingerprint density at radius 2 is 1.68 bits per heavy atom. The Bertz CT molecular complexity index is 399.